The smallest absolute Gasteiger partial charge is 0.125 e. The lowest BCUT2D eigenvalue weighted by Gasteiger charge is -2.13. The van der Waals surface area contributed by atoms with E-state index in [1.165, 1.54) is 0 Å². The molecule has 0 aliphatic carbocycles. The lowest BCUT2D eigenvalue weighted by molar-refractivity contribution is -0.107. The minimum atomic E-state index is 0.343. The molecule has 2 aromatic rings. The number of ether oxygens (including phenoxy) is 1. The van der Waals surface area contributed by atoms with E-state index >= 15 is 0 Å². The van der Waals surface area contributed by atoms with Crippen LogP contribution in [0.4, 0.5) is 0 Å². The standard InChI is InChI=1S/C14H17NO2/c1-10(2)15-12(6-7-16)8-11-9-13(17-3)4-5-14(11)15/h4-5,7-10H,6H2,1-3H3. The van der Waals surface area contributed by atoms with Crippen LogP contribution in [0.25, 0.3) is 10.9 Å². The molecular weight excluding hydrogens is 214 g/mol. The fourth-order valence-corrected chi connectivity index (χ4v) is 2.25. The highest BCUT2D eigenvalue weighted by Crippen LogP contribution is 2.27. The number of benzene rings is 1. The highest BCUT2D eigenvalue weighted by molar-refractivity contribution is 5.83. The predicted octanol–water partition coefficient (Wildman–Crippen LogP) is 2.97. The SMILES string of the molecule is COc1ccc2c(c1)cc(CC=O)n2C(C)C. The van der Waals surface area contributed by atoms with Crippen molar-refractivity contribution in [3.8, 4) is 5.75 Å². The molecule has 0 aliphatic rings. The molecule has 0 unspecified atom stereocenters. The molecule has 0 amide bonds. The number of hydrogen-bond donors (Lipinski definition) is 0. The summed E-state index contributed by atoms with van der Waals surface area (Å²) in [5.74, 6) is 0.844. The molecule has 17 heavy (non-hydrogen) atoms. The Balaban J connectivity index is 2.65. The highest BCUT2D eigenvalue weighted by Gasteiger charge is 2.11. The number of aldehydes is 1. The van der Waals surface area contributed by atoms with E-state index in [1.807, 2.05) is 18.2 Å². The molecule has 3 heteroatoms. The molecule has 0 bridgehead atoms. The third-order valence-electron chi connectivity index (χ3n) is 2.93. The summed E-state index contributed by atoms with van der Waals surface area (Å²) in [6.07, 6.45) is 1.40. The monoisotopic (exact) mass is 231 g/mol. The molecule has 1 heterocycles. The van der Waals surface area contributed by atoms with Gasteiger partial charge in [-0.3, -0.25) is 0 Å². The lowest BCUT2D eigenvalue weighted by Crippen LogP contribution is -2.05. The second kappa shape index (κ2) is 4.62. The third kappa shape index (κ3) is 2.05. The number of methoxy groups -OCH3 is 1. The number of carbonyl (C=O) groups excluding carboxylic acids is 1. The molecule has 0 radical (unpaired) electrons. The van der Waals surface area contributed by atoms with Crippen molar-refractivity contribution < 1.29 is 9.53 Å². The molecule has 0 atom stereocenters. The number of rotatable bonds is 4. The van der Waals surface area contributed by atoms with Gasteiger partial charge in [-0.1, -0.05) is 0 Å². The number of nitrogens with zero attached hydrogens (tertiary/aromatic N) is 1. The quantitative estimate of drug-likeness (QED) is 0.757. The van der Waals surface area contributed by atoms with Crippen LogP contribution in [-0.2, 0) is 11.2 Å². The van der Waals surface area contributed by atoms with Crippen LogP contribution in [0.5, 0.6) is 5.75 Å². The molecule has 1 aromatic carbocycles. The zero-order valence-electron chi connectivity index (χ0n) is 10.4. The summed E-state index contributed by atoms with van der Waals surface area (Å²) in [6, 6.07) is 8.40. The zero-order valence-corrected chi connectivity index (χ0v) is 10.4. The largest absolute Gasteiger partial charge is 0.497 e. The molecule has 1 aromatic heterocycles. The van der Waals surface area contributed by atoms with E-state index in [0.717, 1.165) is 28.6 Å². The average Bonchev–Trinajstić information content (AvgIpc) is 2.66. The van der Waals surface area contributed by atoms with E-state index in [9.17, 15) is 4.79 Å². The summed E-state index contributed by atoms with van der Waals surface area (Å²) in [6.45, 7) is 4.25. The van der Waals surface area contributed by atoms with Gasteiger partial charge < -0.3 is 14.1 Å². The number of carbonyl (C=O) groups is 1. The van der Waals surface area contributed by atoms with E-state index in [-0.39, 0.29) is 0 Å². The van der Waals surface area contributed by atoms with E-state index in [1.54, 1.807) is 7.11 Å². The van der Waals surface area contributed by atoms with Crippen molar-refractivity contribution in [1.29, 1.82) is 0 Å². The second-order valence-corrected chi connectivity index (χ2v) is 4.39. The Hall–Kier alpha value is -1.77. The van der Waals surface area contributed by atoms with Crippen molar-refractivity contribution in [3.05, 3.63) is 30.0 Å². The predicted molar refractivity (Wildman–Crippen MR) is 68.6 cm³/mol. The lowest BCUT2D eigenvalue weighted by atomic mass is 10.2. The van der Waals surface area contributed by atoms with Crippen molar-refractivity contribution in [2.75, 3.05) is 7.11 Å². The minimum absolute atomic E-state index is 0.343. The van der Waals surface area contributed by atoms with E-state index < -0.39 is 0 Å². The van der Waals surface area contributed by atoms with Crippen molar-refractivity contribution in [1.82, 2.24) is 4.57 Å². The molecule has 2 rings (SSSR count). The maximum Gasteiger partial charge on any atom is 0.125 e. The van der Waals surface area contributed by atoms with Gasteiger partial charge in [-0.05, 0) is 38.1 Å². The van der Waals surface area contributed by atoms with E-state index in [4.69, 9.17) is 4.74 Å². The summed E-state index contributed by atoms with van der Waals surface area (Å²) < 4.78 is 7.41. The number of aromatic nitrogens is 1. The van der Waals surface area contributed by atoms with Crippen molar-refractivity contribution >= 4 is 17.2 Å². The molecule has 0 fully saturated rings. The first-order chi connectivity index (χ1) is 8.17. The third-order valence-corrected chi connectivity index (χ3v) is 2.93. The zero-order chi connectivity index (χ0) is 12.4. The Morgan fingerprint density at radius 2 is 2.12 bits per heavy atom. The Labute approximate surface area is 101 Å². The first-order valence-electron chi connectivity index (χ1n) is 5.79. The van der Waals surface area contributed by atoms with Crippen LogP contribution in [0.2, 0.25) is 0 Å². The fraction of sp³-hybridized carbons (Fsp3) is 0.357. The summed E-state index contributed by atoms with van der Waals surface area (Å²) in [7, 11) is 1.66. The molecule has 0 saturated carbocycles. The van der Waals surface area contributed by atoms with Crippen LogP contribution in [0.3, 0.4) is 0 Å². The van der Waals surface area contributed by atoms with Gasteiger partial charge in [0.05, 0.1) is 7.11 Å². The van der Waals surface area contributed by atoms with Crippen LogP contribution < -0.4 is 4.74 Å². The van der Waals surface area contributed by atoms with Crippen LogP contribution >= 0.6 is 0 Å². The van der Waals surface area contributed by atoms with Gasteiger partial charge in [0.1, 0.15) is 12.0 Å². The highest BCUT2D eigenvalue weighted by atomic mass is 16.5. The normalized spacial score (nSPS) is 11.1. The van der Waals surface area contributed by atoms with Crippen LogP contribution in [0.15, 0.2) is 24.3 Å². The van der Waals surface area contributed by atoms with Gasteiger partial charge in [0.2, 0.25) is 0 Å². The number of fused-ring (bicyclic) bond motifs is 1. The summed E-state index contributed by atoms with van der Waals surface area (Å²) in [5.41, 5.74) is 2.20. The second-order valence-electron chi connectivity index (χ2n) is 4.39. The Bertz CT molecular complexity index is 540. The van der Waals surface area contributed by atoms with Gasteiger partial charge in [-0.25, -0.2) is 0 Å². The van der Waals surface area contributed by atoms with Gasteiger partial charge in [0.25, 0.3) is 0 Å². The molecule has 0 spiro atoms. The van der Waals surface area contributed by atoms with E-state index in [0.29, 0.717) is 12.5 Å². The van der Waals surface area contributed by atoms with Crippen LogP contribution in [0.1, 0.15) is 25.6 Å². The molecule has 0 saturated heterocycles. The van der Waals surface area contributed by atoms with Crippen molar-refractivity contribution in [2.24, 2.45) is 0 Å². The van der Waals surface area contributed by atoms with Gasteiger partial charge in [-0.15, -0.1) is 0 Å². The minimum Gasteiger partial charge on any atom is -0.497 e. The topological polar surface area (TPSA) is 31.2 Å². The van der Waals surface area contributed by atoms with Gasteiger partial charge >= 0.3 is 0 Å². The van der Waals surface area contributed by atoms with Crippen LogP contribution in [-0.4, -0.2) is 18.0 Å². The van der Waals surface area contributed by atoms with Gasteiger partial charge in [0.15, 0.2) is 0 Å². The van der Waals surface area contributed by atoms with Gasteiger partial charge in [0, 0.05) is 29.1 Å². The Morgan fingerprint density at radius 3 is 2.71 bits per heavy atom. The maximum absolute atomic E-state index is 10.7. The summed E-state index contributed by atoms with van der Waals surface area (Å²) in [4.78, 5) is 10.7. The molecule has 3 nitrogen and oxygen atoms in total. The fourth-order valence-electron chi connectivity index (χ4n) is 2.25. The number of hydrogen-bond acceptors (Lipinski definition) is 2. The summed E-state index contributed by atoms with van der Waals surface area (Å²) >= 11 is 0. The van der Waals surface area contributed by atoms with E-state index in [2.05, 4.69) is 24.5 Å². The molecule has 0 N–H and O–H groups in total. The molecular formula is C14H17NO2. The molecule has 90 valence electrons. The molecule has 0 aliphatic heterocycles. The van der Waals surface area contributed by atoms with Crippen molar-refractivity contribution in [2.45, 2.75) is 26.3 Å². The van der Waals surface area contributed by atoms with Crippen LogP contribution in [0, 0.1) is 0 Å². The first kappa shape index (κ1) is 11.7. The average molecular weight is 231 g/mol. The Kier molecular flexibility index (Phi) is 3.18. The first-order valence-corrected chi connectivity index (χ1v) is 5.79. The Morgan fingerprint density at radius 1 is 1.35 bits per heavy atom. The van der Waals surface area contributed by atoms with Crippen molar-refractivity contribution in [3.63, 3.8) is 0 Å². The van der Waals surface area contributed by atoms with Gasteiger partial charge in [-0.2, -0.15) is 0 Å². The maximum atomic E-state index is 10.7. The summed E-state index contributed by atoms with van der Waals surface area (Å²) in [5, 5.41) is 1.12.